The van der Waals surface area contributed by atoms with E-state index in [9.17, 15) is 13.2 Å². The molecule has 0 heterocycles. The highest BCUT2D eigenvalue weighted by Crippen LogP contribution is 2.03. The van der Waals surface area contributed by atoms with Crippen molar-refractivity contribution < 1.29 is 17.9 Å². The first kappa shape index (κ1) is 14.1. The zero-order valence-corrected chi connectivity index (χ0v) is 11.3. The molecule has 5 nitrogen and oxygen atoms in total. The lowest BCUT2D eigenvalue weighted by atomic mass is 10.4. The first-order chi connectivity index (χ1) is 6.31. The molecule has 0 aromatic carbocycles. The maximum absolute atomic E-state index is 11.3. The number of alkyl halides is 1. The van der Waals surface area contributed by atoms with Crippen LogP contribution in [0.2, 0.25) is 0 Å². The van der Waals surface area contributed by atoms with Crippen LogP contribution >= 0.6 is 22.6 Å². The lowest BCUT2D eigenvalue weighted by Gasteiger charge is -2.11. The summed E-state index contributed by atoms with van der Waals surface area (Å²) in [5.74, 6) is -0.433. The summed E-state index contributed by atoms with van der Waals surface area (Å²) in [6.45, 7) is 3.21. The highest BCUT2D eigenvalue weighted by Gasteiger charge is 2.20. The van der Waals surface area contributed by atoms with Gasteiger partial charge in [-0.3, -0.25) is 4.79 Å². The van der Waals surface area contributed by atoms with Gasteiger partial charge in [-0.25, -0.2) is 13.1 Å². The number of sulfonamides is 1. The molecule has 0 aromatic rings. The number of carbonyl (C=O) groups is 1. The van der Waals surface area contributed by atoms with E-state index in [2.05, 4.69) is 9.46 Å². The number of nitrogens with one attached hydrogen (secondary N) is 1. The second kappa shape index (κ2) is 5.86. The maximum atomic E-state index is 11.3. The summed E-state index contributed by atoms with van der Waals surface area (Å²) in [5, 5.41) is -0.497. The molecule has 0 aliphatic heterocycles. The van der Waals surface area contributed by atoms with Gasteiger partial charge < -0.3 is 4.74 Å². The molecule has 84 valence electrons. The summed E-state index contributed by atoms with van der Waals surface area (Å²) < 4.78 is 28.9. The highest BCUT2D eigenvalue weighted by molar-refractivity contribution is 14.1. The van der Waals surface area contributed by atoms with Gasteiger partial charge in [0.2, 0.25) is 10.0 Å². The van der Waals surface area contributed by atoms with Crippen LogP contribution in [0, 0.1) is 0 Å². The Labute approximate surface area is 97.8 Å². The molecular weight excluding hydrogens is 321 g/mol. The van der Waals surface area contributed by atoms with E-state index in [0.29, 0.717) is 0 Å². The van der Waals surface area contributed by atoms with Gasteiger partial charge in [-0.05, 0) is 13.8 Å². The van der Waals surface area contributed by atoms with Crippen molar-refractivity contribution in [2.24, 2.45) is 0 Å². The third-order valence-corrected chi connectivity index (χ3v) is 4.30. The lowest BCUT2D eigenvalue weighted by Crippen LogP contribution is -2.37. The summed E-state index contributed by atoms with van der Waals surface area (Å²) in [6.07, 6.45) is 0. The Bertz CT molecular complexity index is 288. The second-order valence-corrected chi connectivity index (χ2v) is 6.76. The Balaban J connectivity index is 4.14. The van der Waals surface area contributed by atoms with Gasteiger partial charge in [-0.1, -0.05) is 22.6 Å². The minimum Gasteiger partial charge on any atom is -0.468 e. The molecule has 0 spiro atoms. The van der Waals surface area contributed by atoms with Crippen LogP contribution in [0.4, 0.5) is 0 Å². The molecule has 1 atom stereocenters. The number of hydrogen-bond donors (Lipinski definition) is 1. The normalized spacial score (nSPS) is 14.1. The van der Waals surface area contributed by atoms with E-state index in [1.54, 1.807) is 13.8 Å². The fourth-order valence-electron chi connectivity index (χ4n) is 0.567. The van der Waals surface area contributed by atoms with Crippen molar-refractivity contribution in [3.8, 4) is 0 Å². The van der Waals surface area contributed by atoms with Gasteiger partial charge in [0.05, 0.1) is 12.4 Å². The maximum Gasteiger partial charge on any atom is 0.319 e. The van der Waals surface area contributed by atoms with E-state index in [-0.39, 0.29) is 6.54 Å². The van der Waals surface area contributed by atoms with Gasteiger partial charge in [0.25, 0.3) is 0 Å². The van der Waals surface area contributed by atoms with E-state index < -0.39 is 25.2 Å². The summed E-state index contributed by atoms with van der Waals surface area (Å²) in [5.41, 5.74) is 0. The topological polar surface area (TPSA) is 72.5 Å². The van der Waals surface area contributed by atoms with E-state index in [4.69, 9.17) is 0 Å². The number of methoxy groups -OCH3 is 1. The van der Waals surface area contributed by atoms with E-state index in [1.165, 1.54) is 7.11 Å². The minimum absolute atomic E-state index is 0.0632. The fraction of sp³-hybridized carbons (Fsp3) is 0.857. The summed E-state index contributed by atoms with van der Waals surface area (Å²) in [7, 11) is -2.03. The Morgan fingerprint density at radius 1 is 1.50 bits per heavy atom. The van der Waals surface area contributed by atoms with Gasteiger partial charge in [0, 0.05) is 6.54 Å². The van der Waals surface area contributed by atoms with Crippen molar-refractivity contribution in [2.45, 2.75) is 23.0 Å². The predicted octanol–water partition coefficient (Wildman–Crippen LogP) is 0.291. The molecule has 0 aliphatic rings. The Morgan fingerprint density at radius 3 is 2.36 bits per heavy atom. The molecular formula is C7H14INO4S. The molecule has 0 fully saturated rings. The average Bonchev–Trinajstić information content (AvgIpc) is 2.12. The SMILES string of the molecule is COC(=O)C(I)CNS(=O)(=O)C(C)C. The third kappa shape index (κ3) is 4.56. The molecule has 0 rings (SSSR count). The monoisotopic (exact) mass is 335 g/mol. The van der Waals surface area contributed by atoms with E-state index >= 15 is 0 Å². The molecule has 0 bridgehead atoms. The van der Waals surface area contributed by atoms with Gasteiger partial charge >= 0.3 is 5.97 Å². The van der Waals surface area contributed by atoms with Crippen molar-refractivity contribution in [2.75, 3.05) is 13.7 Å². The Morgan fingerprint density at radius 2 is 2.00 bits per heavy atom. The third-order valence-electron chi connectivity index (χ3n) is 1.54. The molecule has 0 saturated carbocycles. The van der Waals surface area contributed by atoms with Crippen LogP contribution in [-0.4, -0.2) is 37.2 Å². The summed E-state index contributed by atoms with van der Waals surface area (Å²) in [4.78, 5) is 10.9. The quantitative estimate of drug-likeness (QED) is 0.445. The standard InChI is InChI=1S/C7H14INO4S/c1-5(2)14(11,12)9-4-6(8)7(10)13-3/h5-6,9H,4H2,1-3H3. The molecule has 0 amide bonds. The molecule has 0 radical (unpaired) electrons. The van der Waals surface area contributed by atoms with Crippen LogP contribution in [0.1, 0.15) is 13.8 Å². The molecule has 0 aliphatic carbocycles. The molecule has 0 aromatic heterocycles. The first-order valence-corrected chi connectivity index (χ1v) is 6.81. The van der Waals surface area contributed by atoms with Crippen LogP contribution in [0.15, 0.2) is 0 Å². The molecule has 1 unspecified atom stereocenters. The van der Waals surface area contributed by atoms with Crippen molar-refractivity contribution in [1.29, 1.82) is 0 Å². The van der Waals surface area contributed by atoms with Gasteiger partial charge in [-0.2, -0.15) is 0 Å². The molecule has 1 N–H and O–H groups in total. The number of ether oxygens (including phenoxy) is 1. The van der Waals surface area contributed by atoms with E-state index in [1.807, 2.05) is 22.6 Å². The van der Waals surface area contributed by atoms with Crippen LogP contribution in [0.3, 0.4) is 0 Å². The zero-order chi connectivity index (χ0) is 11.4. The van der Waals surface area contributed by atoms with Crippen LogP contribution in [0.25, 0.3) is 0 Å². The van der Waals surface area contributed by atoms with Crippen LogP contribution < -0.4 is 4.72 Å². The van der Waals surface area contributed by atoms with Crippen molar-refractivity contribution in [3.63, 3.8) is 0 Å². The highest BCUT2D eigenvalue weighted by atomic mass is 127. The smallest absolute Gasteiger partial charge is 0.319 e. The Hall–Kier alpha value is 0.110. The summed E-state index contributed by atoms with van der Waals surface area (Å²) in [6, 6.07) is 0. The van der Waals surface area contributed by atoms with Crippen molar-refractivity contribution in [3.05, 3.63) is 0 Å². The molecule has 7 heteroatoms. The van der Waals surface area contributed by atoms with E-state index in [0.717, 1.165) is 0 Å². The van der Waals surface area contributed by atoms with Crippen LogP contribution in [-0.2, 0) is 19.6 Å². The first-order valence-electron chi connectivity index (χ1n) is 4.01. The van der Waals surface area contributed by atoms with Crippen LogP contribution in [0.5, 0.6) is 0 Å². The minimum atomic E-state index is -3.30. The average molecular weight is 335 g/mol. The largest absolute Gasteiger partial charge is 0.468 e. The number of rotatable bonds is 5. The fourth-order valence-corrected chi connectivity index (χ4v) is 2.07. The predicted molar refractivity (Wildman–Crippen MR) is 61.9 cm³/mol. The van der Waals surface area contributed by atoms with Gasteiger partial charge in [0.15, 0.2) is 0 Å². The number of hydrogen-bond acceptors (Lipinski definition) is 4. The van der Waals surface area contributed by atoms with Gasteiger partial charge in [0.1, 0.15) is 3.92 Å². The number of esters is 1. The molecule has 14 heavy (non-hydrogen) atoms. The number of halogens is 1. The Kier molecular flexibility index (Phi) is 5.91. The zero-order valence-electron chi connectivity index (χ0n) is 8.28. The van der Waals surface area contributed by atoms with Gasteiger partial charge in [-0.15, -0.1) is 0 Å². The summed E-state index contributed by atoms with van der Waals surface area (Å²) >= 11 is 1.83. The molecule has 0 saturated heterocycles. The number of carbonyl (C=O) groups excluding carboxylic acids is 1. The second-order valence-electron chi connectivity index (χ2n) is 2.93. The lowest BCUT2D eigenvalue weighted by molar-refractivity contribution is -0.139. The van der Waals surface area contributed by atoms with Crippen molar-refractivity contribution >= 4 is 38.6 Å². The van der Waals surface area contributed by atoms with Crippen molar-refractivity contribution in [1.82, 2.24) is 4.72 Å².